The van der Waals surface area contributed by atoms with Gasteiger partial charge < -0.3 is 20.2 Å². The number of hydrogen-bond acceptors (Lipinski definition) is 3. The van der Waals surface area contributed by atoms with E-state index in [1.54, 1.807) is 0 Å². The summed E-state index contributed by atoms with van der Waals surface area (Å²) in [4.78, 5) is 26.6. The first-order valence-electron chi connectivity index (χ1n) is 6.44. The van der Waals surface area contributed by atoms with Gasteiger partial charge in [-0.1, -0.05) is 12.8 Å². The van der Waals surface area contributed by atoms with Gasteiger partial charge in [-0.25, -0.2) is 9.59 Å². The average molecular weight is 257 g/mol. The quantitative estimate of drug-likeness (QED) is 0.773. The van der Waals surface area contributed by atoms with Crippen molar-refractivity contribution in [2.75, 3.05) is 33.7 Å². The molecule has 0 aliphatic carbocycles. The summed E-state index contributed by atoms with van der Waals surface area (Å²) in [5.74, 6) is -0.903. The van der Waals surface area contributed by atoms with Crippen LogP contribution in [0.25, 0.3) is 0 Å². The van der Waals surface area contributed by atoms with Gasteiger partial charge in [-0.05, 0) is 26.9 Å². The first kappa shape index (κ1) is 14.8. The third kappa shape index (κ3) is 4.52. The number of aliphatic carboxylic acids is 1. The maximum Gasteiger partial charge on any atom is 0.326 e. The highest BCUT2D eigenvalue weighted by atomic mass is 16.4. The molecular formula is C12H23N3O3. The largest absolute Gasteiger partial charge is 0.480 e. The van der Waals surface area contributed by atoms with Crippen molar-refractivity contribution in [2.45, 2.75) is 31.7 Å². The molecule has 1 aliphatic rings. The first-order valence-corrected chi connectivity index (χ1v) is 6.44. The van der Waals surface area contributed by atoms with Crippen molar-refractivity contribution in [3.05, 3.63) is 0 Å². The molecule has 0 bridgehead atoms. The predicted molar refractivity (Wildman–Crippen MR) is 68.6 cm³/mol. The van der Waals surface area contributed by atoms with E-state index in [9.17, 15) is 9.59 Å². The molecule has 1 rings (SSSR count). The number of carbonyl (C=O) groups is 2. The average Bonchev–Trinajstić information content (AvgIpc) is 2.53. The molecule has 0 radical (unpaired) electrons. The third-order valence-electron chi connectivity index (χ3n) is 3.13. The van der Waals surface area contributed by atoms with E-state index in [4.69, 9.17) is 5.11 Å². The molecule has 1 saturated heterocycles. The molecule has 0 aromatic rings. The number of carboxylic acids is 1. The molecule has 0 aromatic carbocycles. The zero-order valence-electron chi connectivity index (χ0n) is 11.2. The normalized spacial score (nSPS) is 20.6. The highest BCUT2D eigenvalue weighted by molar-refractivity contribution is 5.82. The number of carboxylic acid groups (broad SMARTS) is 1. The Balaban J connectivity index is 2.53. The molecule has 104 valence electrons. The Labute approximate surface area is 108 Å². The Hall–Kier alpha value is -1.30. The summed E-state index contributed by atoms with van der Waals surface area (Å²) in [6.07, 6.45) is 3.30. The van der Waals surface area contributed by atoms with Crippen LogP contribution in [0.4, 0.5) is 4.79 Å². The Bertz CT molecular complexity index is 294. The zero-order valence-corrected chi connectivity index (χ0v) is 11.2. The van der Waals surface area contributed by atoms with Crippen LogP contribution in [0.2, 0.25) is 0 Å². The van der Waals surface area contributed by atoms with Gasteiger partial charge in [0.15, 0.2) is 0 Å². The van der Waals surface area contributed by atoms with Crippen LogP contribution in [0.5, 0.6) is 0 Å². The summed E-state index contributed by atoms with van der Waals surface area (Å²) in [7, 11) is 3.86. The van der Waals surface area contributed by atoms with E-state index in [1.807, 2.05) is 19.0 Å². The number of amides is 2. The standard InChI is InChI=1S/C12H23N3O3/c1-14(2)9-7-13-12(18)15-8-5-3-4-6-10(15)11(16)17/h10H,3-9H2,1-2H3,(H,13,18)(H,16,17). The lowest BCUT2D eigenvalue weighted by Crippen LogP contribution is -2.50. The molecule has 1 heterocycles. The third-order valence-corrected chi connectivity index (χ3v) is 3.13. The number of likely N-dealkylation sites (tertiary alicyclic amines) is 1. The highest BCUT2D eigenvalue weighted by Gasteiger charge is 2.30. The van der Waals surface area contributed by atoms with Gasteiger partial charge >= 0.3 is 12.0 Å². The molecule has 0 spiro atoms. The van der Waals surface area contributed by atoms with E-state index >= 15 is 0 Å². The van der Waals surface area contributed by atoms with Crippen LogP contribution < -0.4 is 5.32 Å². The van der Waals surface area contributed by atoms with Gasteiger partial charge in [0, 0.05) is 19.6 Å². The molecule has 1 unspecified atom stereocenters. The monoisotopic (exact) mass is 257 g/mol. The number of nitrogens with one attached hydrogen (secondary N) is 1. The first-order chi connectivity index (χ1) is 8.52. The zero-order chi connectivity index (χ0) is 13.5. The van der Waals surface area contributed by atoms with Gasteiger partial charge in [-0.2, -0.15) is 0 Å². The number of nitrogens with zero attached hydrogens (tertiary/aromatic N) is 2. The minimum atomic E-state index is -0.903. The maximum atomic E-state index is 12.0. The number of urea groups is 1. The fourth-order valence-corrected chi connectivity index (χ4v) is 2.10. The van der Waals surface area contributed by atoms with Gasteiger partial charge in [0.05, 0.1) is 0 Å². The van der Waals surface area contributed by atoms with Crippen molar-refractivity contribution in [3.63, 3.8) is 0 Å². The fourth-order valence-electron chi connectivity index (χ4n) is 2.10. The lowest BCUT2D eigenvalue weighted by Gasteiger charge is -2.27. The minimum absolute atomic E-state index is 0.258. The van der Waals surface area contributed by atoms with Crippen LogP contribution in [-0.4, -0.2) is 66.7 Å². The van der Waals surface area contributed by atoms with Gasteiger partial charge in [0.1, 0.15) is 6.04 Å². The van der Waals surface area contributed by atoms with Gasteiger partial charge in [-0.15, -0.1) is 0 Å². The van der Waals surface area contributed by atoms with Crippen molar-refractivity contribution in [1.29, 1.82) is 0 Å². The Morgan fingerprint density at radius 2 is 2.06 bits per heavy atom. The van der Waals surface area contributed by atoms with Crippen molar-refractivity contribution >= 4 is 12.0 Å². The van der Waals surface area contributed by atoms with Gasteiger partial charge in [-0.3, -0.25) is 0 Å². The van der Waals surface area contributed by atoms with Crippen molar-refractivity contribution in [2.24, 2.45) is 0 Å². The molecule has 18 heavy (non-hydrogen) atoms. The Morgan fingerprint density at radius 1 is 1.33 bits per heavy atom. The summed E-state index contributed by atoms with van der Waals surface area (Å²) in [5, 5.41) is 11.9. The van der Waals surface area contributed by atoms with E-state index < -0.39 is 12.0 Å². The molecule has 1 atom stereocenters. The van der Waals surface area contributed by atoms with Crippen molar-refractivity contribution in [3.8, 4) is 0 Å². The van der Waals surface area contributed by atoms with Crippen molar-refractivity contribution in [1.82, 2.24) is 15.1 Å². The molecule has 1 aliphatic heterocycles. The lowest BCUT2D eigenvalue weighted by atomic mass is 10.1. The lowest BCUT2D eigenvalue weighted by molar-refractivity contribution is -0.142. The van der Waals surface area contributed by atoms with Crippen LogP contribution in [0.15, 0.2) is 0 Å². The molecule has 6 heteroatoms. The number of likely N-dealkylation sites (N-methyl/N-ethyl adjacent to an activating group) is 1. The van der Waals surface area contributed by atoms with Crippen LogP contribution >= 0.6 is 0 Å². The number of rotatable bonds is 4. The molecule has 2 N–H and O–H groups in total. The summed E-state index contributed by atoms with van der Waals surface area (Å²) >= 11 is 0. The van der Waals surface area contributed by atoms with Gasteiger partial charge in [0.2, 0.25) is 0 Å². The van der Waals surface area contributed by atoms with E-state index in [0.29, 0.717) is 19.5 Å². The SMILES string of the molecule is CN(C)CCNC(=O)N1CCCCCC1C(=O)O. The fraction of sp³-hybridized carbons (Fsp3) is 0.833. The highest BCUT2D eigenvalue weighted by Crippen LogP contribution is 2.17. The minimum Gasteiger partial charge on any atom is -0.480 e. The molecule has 1 fully saturated rings. The van der Waals surface area contributed by atoms with E-state index in [0.717, 1.165) is 25.8 Å². The van der Waals surface area contributed by atoms with Crippen LogP contribution in [-0.2, 0) is 4.79 Å². The molecule has 0 aromatic heterocycles. The van der Waals surface area contributed by atoms with E-state index in [-0.39, 0.29) is 6.03 Å². The van der Waals surface area contributed by atoms with Crippen LogP contribution in [0.3, 0.4) is 0 Å². The second-order valence-corrected chi connectivity index (χ2v) is 4.93. The molecule has 0 saturated carbocycles. The molecule has 6 nitrogen and oxygen atoms in total. The predicted octanol–water partition coefficient (Wildman–Crippen LogP) is 0.587. The van der Waals surface area contributed by atoms with Gasteiger partial charge in [0.25, 0.3) is 0 Å². The molecule has 2 amide bonds. The van der Waals surface area contributed by atoms with Crippen LogP contribution in [0, 0.1) is 0 Å². The Morgan fingerprint density at radius 3 is 2.67 bits per heavy atom. The molecular weight excluding hydrogens is 234 g/mol. The second-order valence-electron chi connectivity index (χ2n) is 4.93. The number of carbonyl (C=O) groups excluding carboxylic acids is 1. The van der Waals surface area contributed by atoms with E-state index in [1.165, 1.54) is 4.90 Å². The maximum absolute atomic E-state index is 12.0. The summed E-state index contributed by atoms with van der Waals surface area (Å²) in [6.45, 7) is 1.82. The second kappa shape index (κ2) is 7.20. The topological polar surface area (TPSA) is 72.9 Å². The van der Waals surface area contributed by atoms with E-state index in [2.05, 4.69) is 5.32 Å². The summed E-state index contributed by atoms with van der Waals surface area (Å²) in [6, 6.07) is -0.932. The summed E-state index contributed by atoms with van der Waals surface area (Å²) in [5.41, 5.74) is 0. The number of hydrogen-bond donors (Lipinski definition) is 2. The van der Waals surface area contributed by atoms with Crippen molar-refractivity contribution < 1.29 is 14.7 Å². The smallest absolute Gasteiger partial charge is 0.326 e. The Kier molecular flexibility index (Phi) is 5.91. The van der Waals surface area contributed by atoms with Crippen LogP contribution in [0.1, 0.15) is 25.7 Å². The summed E-state index contributed by atoms with van der Waals surface area (Å²) < 4.78 is 0.